The fourth-order valence-corrected chi connectivity index (χ4v) is 5.54. The van der Waals surface area contributed by atoms with Gasteiger partial charge in [0.2, 0.25) is 0 Å². The van der Waals surface area contributed by atoms with E-state index in [2.05, 4.69) is 39.2 Å². The number of hydrogen-bond donors (Lipinski definition) is 2. The van der Waals surface area contributed by atoms with E-state index >= 15 is 0 Å². The van der Waals surface area contributed by atoms with E-state index in [-0.39, 0.29) is 10.8 Å². The van der Waals surface area contributed by atoms with Crippen LogP contribution in [-0.4, -0.2) is 20.9 Å². The Bertz CT molecular complexity index is 1500. The molecule has 0 radical (unpaired) electrons. The van der Waals surface area contributed by atoms with Crippen LogP contribution in [0.5, 0.6) is 0 Å². The molecule has 1 aliphatic rings. The van der Waals surface area contributed by atoms with Gasteiger partial charge in [-0.2, -0.15) is 0 Å². The Hall–Kier alpha value is -3.81. The minimum absolute atomic E-state index is 0.0632. The highest BCUT2D eigenvalue weighted by atomic mass is 35.5. The largest absolute Gasteiger partial charge is 0.367 e. The first-order valence-corrected chi connectivity index (χ1v) is 13.4. The van der Waals surface area contributed by atoms with Crippen molar-refractivity contribution in [3.05, 3.63) is 119 Å². The van der Waals surface area contributed by atoms with Crippen LogP contribution < -0.4 is 14.9 Å². The summed E-state index contributed by atoms with van der Waals surface area (Å²) in [5.41, 5.74) is 5.09. The number of carbonyl (C=O) groups excluding carboxylic acids is 1. The lowest BCUT2D eigenvalue weighted by Crippen LogP contribution is -2.19. The molecule has 0 aromatic heterocycles. The summed E-state index contributed by atoms with van der Waals surface area (Å²) in [7, 11) is -3.82. The van der Waals surface area contributed by atoms with Gasteiger partial charge in [-0.1, -0.05) is 54.1 Å². The van der Waals surface area contributed by atoms with Crippen molar-refractivity contribution in [1.29, 1.82) is 0 Å². The van der Waals surface area contributed by atoms with Crippen molar-refractivity contribution in [2.45, 2.75) is 17.9 Å². The van der Waals surface area contributed by atoms with Crippen molar-refractivity contribution >= 4 is 44.6 Å². The van der Waals surface area contributed by atoms with Crippen LogP contribution >= 0.6 is 11.6 Å². The van der Waals surface area contributed by atoms with Gasteiger partial charge in [0.1, 0.15) is 0 Å². The molecule has 6 nitrogen and oxygen atoms in total. The van der Waals surface area contributed by atoms with E-state index in [0.717, 1.165) is 25.1 Å². The molecule has 1 amide bonds. The highest BCUT2D eigenvalue weighted by Gasteiger charge is 2.19. The number of sulfonamides is 1. The molecule has 0 spiro atoms. The molecule has 0 atom stereocenters. The van der Waals surface area contributed by atoms with Gasteiger partial charge in [-0.25, -0.2) is 8.42 Å². The smallest absolute Gasteiger partial charge is 0.261 e. The number of fused-ring (bicyclic) bond motifs is 1. The molecule has 0 unspecified atom stereocenters. The van der Waals surface area contributed by atoms with Gasteiger partial charge in [0, 0.05) is 30.0 Å². The molecular weight excluding hydrogens is 494 g/mol. The quantitative estimate of drug-likeness (QED) is 0.317. The number of rotatable bonds is 7. The van der Waals surface area contributed by atoms with Crippen LogP contribution in [0, 0.1) is 0 Å². The summed E-state index contributed by atoms with van der Waals surface area (Å²) >= 11 is 6.05. The van der Waals surface area contributed by atoms with Crippen molar-refractivity contribution in [1.82, 2.24) is 0 Å². The number of hydrogen-bond acceptors (Lipinski definition) is 4. The summed E-state index contributed by atoms with van der Waals surface area (Å²) in [6, 6.07) is 28.6. The Balaban J connectivity index is 1.21. The van der Waals surface area contributed by atoms with Gasteiger partial charge in [-0.3, -0.25) is 9.52 Å². The van der Waals surface area contributed by atoms with Crippen LogP contribution in [0.4, 0.5) is 17.1 Å². The standard InChI is InChI=1S/C28H24ClN3O3S/c29-25-6-2-3-7-26(25)31-36(34,35)24-15-13-23(14-16-24)30-28(33)22-11-9-20(10-12-22)19-32-18-17-21-5-1-4-8-27(21)32/h1-16,31H,17-19H2,(H,30,33). The van der Waals surface area contributed by atoms with E-state index < -0.39 is 10.0 Å². The average molecular weight is 518 g/mol. The third-order valence-corrected chi connectivity index (χ3v) is 7.82. The van der Waals surface area contributed by atoms with Gasteiger partial charge >= 0.3 is 0 Å². The lowest BCUT2D eigenvalue weighted by Gasteiger charge is -2.19. The second-order valence-electron chi connectivity index (χ2n) is 8.56. The Kier molecular flexibility index (Phi) is 6.67. The second kappa shape index (κ2) is 10.0. The summed E-state index contributed by atoms with van der Waals surface area (Å²) in [4.78, 5) is 15.1. The third-order valence-electron chi connectivity index (χ3n) is 6.11. The summed E-state index contributed by atoms with van der Waals surface area (Å²) < 4.78 is 27.8. The van der Waals surface area contributed by atoms with Gasteiger partial charge in [0.05, 0.1) is 15.6 Å². The Morgan fingerprint density at radius 2 is 1.56 bits per heavy atom. The number of para-hydroxylation sites is 2. The first-order valence-electron chi connectivity index (χ1n) is 11.5. The topological polar surface area (TPSA) is 78.5 Å². The zero-order valence-corrected chi connectivity index (χ0v) is 20.9. The number of carbonyl (C=O) groups is 1. The molecule has 1 aliphatic heterocycles. The zero-order chi connectivity index (χ0) is 25.1. The molecule has 2 N–H and O–H groups in total. The lowest BCUT2D eigenvalue weighted by molar-refractivity contribution is 0.102. The maximum absolute atomic E-state index is 12.7. The molecule has 4 aromatic carbocycles. The first kappa shape index (κ1) is 23.9. The van der Waals surface area contributed by atoms with E-state index in [1.54, 1.807) is 48.5 Å². The van der Waals surface area contributed by atoms with E-state index in [1.165, 1.54) is 23.4 Å². The monoisotopic (exact) mass is 517 g/mol. The van der Waals surface area contributed by atoms with Crippen molar-refractivity contribution in [3.8, 4) is 0 Å². The van der Waals surface area contributed by atoms with Crippen molar-refractivity contribution in [3.63, 3.8) is 0 Å². The summed E-state index contributed by atoms with van der Waals surface area (Å²) in [6.45, 7) is 1.78. The number of nitrogens with one attached hydrogen (secondary N) is 2. The highest BCUT2D eigenvalue weighted by Crippen LogP contribution is 2.29. The maximum atomic E-state index is 12.7. The molecule has 8 heteroatoms. The predicted molar refractivity (Wildman–Crippen MR) is 144 cm³/mol. The maximum Gasteiger partial charge on any atom is 0.261 e. The van der Waals surface area contributed by atoms with Crippen LogP contribution in [0.3, 0.4) is 0 Å². The van der Waals surface area contributed by atoms with Crippen molar-refractivity contribution in [2.75, 3.05) is 21.5 Å². The second-order valence-corrected chi connectivity index (χ2v) is 10.7. The fraction of sp³-hybridized carbons (Fsp3) is 0.107. The normalized spacial score (nSPS) is 12.8. The van der Waals surface area contributed by atoms with E-state index in [1.807, 2.05) is 12.1 Å². The van der Waals surface area contributed by atoms with Crippen LogP contribution in [-0.2, 0) is 23.0 Å². The molecule has 0 aliphatic carbocycles. The number of amides is 1. The van der Waals surface area contributed by atoms with E-state index in [9.17, 15) is 13.2 Å². The molecular formula is C28H24ClN3O3S. The molecule has 182 valence electrons. The Labute approximate surface area is 215 Å². The van der Waals surface area contributed by atoms with Crippen molar-refractivity contribution in [2.24, 2.45) is 0 Å². The summed E-state index contributed by atoms with van der Waals surface area (Å²) in [5, 5.41) is 3.12. The van der Waals surface area contributed by atoms with Gasteiger partial charge in [0.25, 0.3) is 15.9 Å². The molecule has 36 heavy (non-hydrogen) atoms. The average Bonchev–Trinajstić information content (AvgIpc) is 3.29. The Morgan fingerprint density at radius 1 is 0.861 bits per heavy atom. The number of benzene rings is 4. The SMILES string of the molecule is O=C(Nc1ccc(S(=O)(=O)Nc2ccccc2Cl)cc1)c1ccc(CN2CCc3ccccc32)cc1. The van der Waals surface area contributed by atoms with Crippen LogP contribution in [0.1, 0.15) is 21.5 Å². The van der Waals surface area contributed by atoms with E-state index in [4.69, 9.17) is 11.6 Å². The van der Waals surface area contributed by atoms with Gasteiger partial charge in [-0.15, -0.1) is 0 Å². The summed E-state index contributed by atoms with van der Waals surface area (Å²) in [5.74, 6) is -0.266. The molecule has 0 saturated heterocycles. The van der Waals surface area contributed by atoms with E-state index in [0.29, 0.717) is 22.0 Å². The first-order chi connectivity index (χ1) is 17.4. The number of halogens is 1. The molecule has 5 rings (SSSR count). The molecule has 4 aromatic rings. The van der Waals surface area contributed by atoms with Crippen molar-refractivity contribution < 1.29 is 13.2 Å². The van der Waals surface area contributed by atoms with Gasteiger partial charge < -0.3 is 10.2 Å². The molecule has 1 heterocycles. The predicted octanol–water partition coefficient (Wildman–Crippen LogP) is 5.96. The van der Waals surface area contributed by atoms with Gasteiger partial charge in [-0.05, 0) is 72.1 Å². The number of nitrogens with zero attached hydrogens (tertiary/aromatic N) is 1. The molecule has 0 saturated carbocycles. The number of anilines is 3. The zero-order valence-electron chi connectivity index (χ0n) is 19.3. The third kappa shape index (κ3) is 5.22. The summed E-state index contributed by atoms with van der Waals surface area (Å²) in [6.07, 6.45) is 1.05. The molecule has 0 bridgehead atoms. The minimum Gasteiger partial charge on any atom is -0.367 e. The van der Waals surface area contributed by atoms with Crippen LogP contribution in [0.25, 0.3) is 0 Å². The lowest BCUT2D eigenvalue weighted by atomic mass is 10.1. The molecule has 0 fully saturated rings. The van der Waals surface area contributed by atoms with Gasteiger partial charge in [0.15, 0.2) is 0 Å². The highest BCUT2D eigenvalue weighted by molar-refractivity contribution is 7.92. The van der Waals surface area contributed by atoms with Crippen LogP contribution in [0.15, 0.2) is 102 Å². The van der Waals surface area contributed by atoms with Crippen LogP contribution in [0.2, 0.25) is 5.02 Å². The Morgan fingerprint density at radius 3 is 2.31 bits per heavy atom. The fourth-order valence-electron chi connectivity index (χ4n) is 4.22. The minimum atomic E-state index is -3.82.